The summed E-state index contributed by atoms with van der Waals surface area (Å²) in [5.74, 6) is 0. The summed E-state index contributed by atoms with van der Waals surface area (Å²) < 4.78 is 12.1. The topological polar surface area (TPSA) is 20.2 Å². The summed E-state index contributed by atoms with van der Waals surface area (Å²) >= 11 is 0. The van der Waals surface area contributed by atoms with E-state index in [1.807, 2.05) is 0 Å². The van der Waals surface area contributed by atoms with E-state index in [0.29, 0.717) is 6.42 Å². The number of halogens is 1. The number of aliphatic hydroxyl groups excluding tert-OH is 1. The van der Waals surface area contributed by atoms with E-state index < -0.39 is 6.36 Å². The van der Waals surface area contributed by atoms with E-state index in [1.165, 1.54) is 70.6 Å². The maximum Gasteiger partial charge on any atom is 0.196 e. The zero-order valence-corrected chi connectivity index (χ0v) is 12.3. The molecule has 2 heteroatoms. The largest absolute Gasteiger partial charge is 0.364 e. The Morgan fingerprint density at radius 3 is 1.33 bits per heavy atom. The minimum absolute atomic E-state index is 0.317. The Kier molecular flexibility index (Phi) is 14.9. The molecule has 0 bridgehead atoms. The standard InChI is InChI=1S/C16H33FO/c1-2-3-4-5-6-7-8-9-10-11-12-13-14-15-16(17)18/h16,18H,2-15H2,1H3. The first-order valence-electron chi connectivity index (χ1n) is 8.09. The van der Waals surface area contributed by atoms with Gasteiger partial charge in [-0.25, -0.2) is 4.39 Å². The van der Waals surface area contributed by atoms with Gasteiger partial charge in [-0.2, -0.15) is 0 Å². The average Bonchev–Trinajstić information content (AvgIpc) is 2.34. The fourth-order valence-electron chi connectivity index (χ4n) is 2.33. The molecule has 0 radical (unpaired) electrons. The number of aliphatic hydroxyl groups is 1. The van der Waals surface area contributed by atoms with Crippen molar-refractivity contribution in [2.45, 2.75) is 103 Å². The fraction of sp³-hybridized carbons (Fsp3) is 1.00. The van der Waals surface area contributed by atoms with E-state index in [9.17, 15) is 4.39 Å². The van der Waals surface area contributed by atoms with E-state index in [-0.39, 0.29) is 0 Å². The third-order valence-corrected chi connectivity index (χ3v) is 3.55. The van der Waals surface area contributed by atoms with Crippen LogP contribution in [0.2, 0.25) is 0 Å². The lowest BCUT2D eigenvalue weighted by molar-refractivity contribution is 0.0323. The second-order valence-electron chi connectivity index (χ2n) is 5.47. The quantitative estimate of drug-likeness (QED) is 0.394. The van der Waals surface area contributed by atoms with E-state index in [2.05, 4.69) is 6.92 Å². The molecule has 0 aromatic heterocycles. The van der Waals surface area contributed by atoms with Crippen molar-refractivity contribution in [1.29, 1.82) is 0 Å². The van der Waals surface area contributed by atoms with E-state index in [0.717, 1.165) is 12.8 Å². The number of rotatable bonds is 14. The molecule has 0 aromatic carbocycles. The van der Waals surface area contributed by atoms with Crippen molar-refractivity contribution in [2.75, 3.05) is 0 Å². The highest BCUT2D eigenvalue weighted by atomic mass is 19.1. The molecule has 0 aliphatic carbocycles. The molecular formula is C16H33FO. The molecule has 110 valence electrons. The summed E-state index contributed by atoms with van der Waals surface area (Å²) in [5.41, 5.74) is 0. The maximum absolute atomic E-state index is 12.1. The van der Waals surface area contributed by atoms with Crippen molar-refractivity contribution in [1.82, 2.24) is 0 Å². The van der Waals surface area contributed by atoms with Gasteiger partial charge < -0.3 is 5.11 Å². The van der Waals surface area contributed by atoms with Crippen LogP contribution in [0, 0.1) is 0 Å². The first-order chi connectivity index (χ1) is 8.77. The van der Waals surface area contributed by atoms with Gasteiger partial charge in [0.1, 0.15) is 0 Å². The van der Waals surface area contributed by atoms with Crippen LogP contribution in [0.3, 0.4) is 0 Å². The predicted octanol–water partition coefficient (Wildman–Crippen LogP) is 5.76. The van der Waals surface area contributed by atoms with Crippen LogP contribution >= 0.6 is 0 Å². The van der Waals surface area contributed by atoms with Crippen LogP contribution in [0.25, 0.3) is 0 Å². The van der Waals surface area contributed by atoms with E-state index in [1.54, 1.807) is 0 Å². The van der Waals surface area contributed by atoms with Gasteiger partial charge in [-0.3, -0.25) is 0 Å². The van der Waals surface area contributed by atoms with Gasteiger partial charge in [-0.1, -0.05) is 84.0 Å². The second-order valence-corrected chi connectivity index (χ2v) is 5.47. The number of hydrogen-bond donors (Lipinski definition) is 1. The molecule has 18 heavy (non-hydrogen) atoms. The Bertz CT molecular complexity index is 148. The molecule has 0 saturated heterocycles. The Balaban J connectivity index is 2.90. The smallest absolute Gasteiger partial charge is 0.196 e. The van der Waals surface area contributed by atoms with Gasteiger partial charge in [-0.15, -0.1) is 0 Å². The number of alkyl halides is 1. The lowest BCUT2D eigenvalue weighted by Gasteiger charge is -2.03. The van der Waals surface area contributed by atoms with Gasteiger partial charge in [0.05, 0.1) is 0 Å². The summed E-state index contributed by atoms with van der Waals surface area (Å²) in [6.07, 6.45) is 15.5. The molecule has 0 spiro atoms. The van der Waals surface area contributed by atoms with Gasteiger partial charge in [0.15, 0.2) is 6.36 Å². The minimum atomic E-state index is -1.60. The minimum Gasteiger partial charge on any atom is -0.364 e. The molecule has 0 heterocycles. The fourth-order valence-corrected chi connectivity index (χ4v) is 2.33. The molecule has 0 saturated carbocycles. The Morgan fingerprint density at radius 1 is 0.667 bits per heavy atom. The Morgan fingerprint density at radius 2 is 1.00 bits per heavy atom. The average molecular weight is 260 g/mol. The van der Waals surface area contributed by atoms with E-state index >= 15 is 0 Å². The van der Waals surface area contributed by atoms with Crippen molar-refractivity contribution in [3.63, 3.8) is 0 Å². The first-order valence-corrected chi connectivity index (χ1v) is 8.09. The summed E-state index contributed by atoms with van der Waals surface area (Å²) in [7, 11) is 0. The van der Waals surface area contributed by atoms with E-state index in [4.69, 9.17) is 5.11 Å². The van der Waals surface area contributed by atoms with Crippen molar-refractivity contribution in [3.05, 3.63) is 0 Å². The van der Waals surface area contributed by atoms with Crippen molar-refractivity contribution in [2.24, 2.45) is 0 Å². The highest BCUT2D eigenvalue weighted by molar-refractivity contribution is 4.49. The lowest BCUT2D eigenvalue weighted by atomic mass is 10.0. The van der Waals surface area contributed by atoms with Gasteiger partial charge >= 0.3 is 0 Å². The van der Waals surface area contributed by atoms with Gasteiger partial charge in [0.25, 0.3) is 0 Å². The normalized spacial score (nSPS) is 12.8. The highest BCUT2D eigenvalue weighted by Gasteiger charge is 1.98. The van der Waals surface area contributed by atoms with Crippen LogP contribution in [0.15, 0.2) is 0 Å². The van der Waals surface area contributed by atoms with Crippen molar-refractivity contribution >= 4 is 0 Å². The molecule has 1 unspecified atom stereocenters. The molecule has 1 nitrogen and oxygen atoms in total. The van der Waals surface area contributed by atoms with Crippen LogP contribution in [0.4, 0.5) is 4.39 Å². The summed E-state index contributed by atoms with van der Waals surface area (Å²) in [6, 6.07) is 0. The second kappa shape index (κ2) is 14.9. The Hall–Kier alpha value is -0.110. The third-order valence-electron chi connectivity index (χ3n) is 3.55. The Labute approximate surface area is 113 Å². The number of hydrogen-bond acceptors (Lipinski definition) is 1. The molecule has 1 N–H and O–H groups in total. The molecule has 0 aliphatic heterocycles. The van der Waals surface area contributed by atoms with Crippen molar-refractivity contribution < 1.29 is 9.50 Å². The zero-order valence-electron chi connectivity index (χ0n) is 12.3. The third kappa shape index (κ3) is 15.9. The lowest BCUT2D eigenvalue weighted by Crippen LogP contribution is -1.95. The molecule has 0 fully saturated rings. The monoisotopic (exact) mass is 260 g/mol. The first kappa shape index (κ1) is 17.9. The predicted molar refractivity (Wildman–Crippen MR) is 77.4 cm³/mol. The van der Waals surface area contributed by atoms with Crippen molar-refractivity contribution in [3.8, 4) is 0 Å². The zero-order chi connectivity index (χ0) is 13.5. The summed E-state index contributed by atoms with van der Waals surface area (Å²) in [6.45, 7) is 2.26. The van der Waals surface area contributed by atoms with Gasteiger partial charge in [0, 0.05) is 6.42 Å². The molecule has 0 aromatic rings. The highest BCUT2D eigenvalue weighted by Crippen LogP contribution is 2.13. The van der Waals surface area contributed by atoms with Gasteiger partial charge in [0.2, 0.25) is 0 Å². The van der Waals surface area contributed by atoms with Crippen LogP contribution in [-0.2, 0) is 0 Å². The SMILES string of the molecule is CCCCCCCCCCCCCCCC(O)F. The van der Waals surface area contributed by atoms with Crippen LogP contribution < -0.4 is 0 Å². The number of unbranched alkanes of at least 4 members (excludes halogenated alkanes) is 12. The van der Waals surface area contributed by atoms with Crippen LogP contribution in [-0.4, -0.2) is 11.5 Å². The summed E-state index contributed by atoms with van der Waals surface area (Å²) in [5, 5.41) is 8.46. The molecule has 1 atom stereocenters. The maximum atomic E-state index is 12.1. The molecule has 0 aliphatic rings. The summed E-state index contributed by atoms with van der Waals surface area (Å²) in [4.78, 5) is 0. The van der Waals surface area contributed by atoms with Gasteiger partial charge in [-0.05, 0) is 6.42 Å². The van der Waals surface area contributed by atoms with Crippen LogP contribution in [0.5, 0.6) is 0 Å². The molecule has 0 rings (SSSR count). The van der Waals surface area contributed by atoms with Crippen LogP contribution in [0.1, 0.15) is 96.8 Å². The molecule has 0 amide bonds. The molecular weight excluding hydrogens is 227 g/mol.